The third kappa shape index (κ3) is 4.81. The van der Waals surface area contributed by atoms with Gasteiger partial charge in [0.25, 0.3) is 17.2 Å². The van der Waals surface area contributed by atoms with E-state index in [2.05, 4.69) is 10.3 Å². The molecule has 1 rings (SSSR count). The molecule has 0 aliphatic heterocycles. The zero-order valence-corrected chi connectivity index (χ0v) is 10.9. The molecule has 0 unspecified atom stereocenters. The van der Waals surface area contributed by atoms with E-state index < -0.39 is 16.4 Å². The van der Waals surface area contributed by atoms with Crippen LogP contribution >= 0.6 is 0 Å². The minimum absolute atomic E-state index is 0.148. The van der Waals surface area contributed by atoms with Crippen LogP contribution in [0.5, 0.6) is 0 Å². The van der Waals surface area contributed by atoms with Gasteiger partial charge in [0.2, 0.25) is 0 Å². The highest BCUT2D eigenvalue weighted by Gasteiger charge is 2.15. The Morgan fingerprint density at radius 3 is 2.70 bits per heavy atom. The molecule has 3 N–H and O–H groups in total. The number of nitro groups is 1. The van der Waals surface area contributed by atoms with Crippen molar-refractivity contribution in [2.75, 3.05) is 13.2 Å². The Labute approximate surface area is 115 Å². The summed E-state index contributed by atoms with van der Waals surface area (Å²) in [5.74, 6) is -0.628. The fraction of sp³-hybridized carbons (Fsp3) is 0.500. The fourth-order valence-electron chi connectivity index (χ4n) is 1.63. The van der Waals surface area contributed by atoms with Gasteiger partial charge in [-0.05, 0) is 12.8 Å². The van der Waals surface area contributed by atoms with Crippen LogP contribution in [-0.2, 0) is 0 Å². The Morgan fingerprint density at radius 1 is 1.35 bits per heavy atom. The summed E-state index contributed by atoms with van der Waals surface area (Å²) >= 11 is 0. The summed E-state index contributed by atoms with van der Waals surface area (Å²) in [5.41, 5.74) is -1.26. The molecular formula is C12H17N3O5. The highest BCUT2D eigenvalue weighted by molar-refractivity contribution is 5.94. The van der Waals surface area contributed by atoms with Gasteiger partial charge in [-0.2, -0.15) is 0 Å². The Balaban J connectivity index is 2.53. The van der Waals surface area contributed by atoms with Crippen LogP contribution < -0.4 is 10.9 Å². The maximum Gasteiger partial charge on any atom is 0.286 e. The molecule has 8 heteroatoms. The summed E-state index contributed by atoms with van der Waals surface area (Å²) in [6.45, 7) is 0.530. The van der Waals surface area contributed by atoms with Crippen LogP contribution in [0.1, 0.15) is 36.0 Å². The lowest BCUT2D eigenvalue weighted by Gasteiger charge is -2.04. The van der Waals surface area contributed by atoms with Gasteiger partial charge in [-0.25, -0.2) is 0 Å². The molecule has 0 aliphatic carbocycles. The average molecular weight is 283 g/mol. The average Bonchev–Trinajstić information content (AvgIpc) is 2.42. The van der Waals surface area contributed by atoms with E-state index in [4.69, 9.17) is 5.11 Å². The van der Waals surface area contributed by atoms with Crippen LogP contribution in [0.25, 0.3) is 0 Å². The number of aromatic nitrogens is 1. The van der Waals surface area contributed by atoms with E-state index >= 15 is 0 Å². The number of nitrogens with one attached hydrogen (secondary N) is 2. The number of carbonyl (C=O) groups excluding carboxylic acids is 1. The summed E-state index contributed by atoms with van der Waals surface area (Å²) in [7, 11) is 0. The SMILES string of the molecule is O=C(NCCCCCCO)c1cc([N+](=O)[O-])c[nH]c1=O. The van der Waals surface area contributed by atoms with Crippen molar-refractivity contribution in [2.45, 2.75) is 25.7 Å². The first kappa shape index (κ1) is 15.8. The van der Waals surface area contributed by atoms with E-state index in [0.29, 0.717) is 6.54 Å². The van der Waals surface area contributed by atoms with Gasteiger partial charge in [0, 0.05) is 19.2 Å². The van der Waals surface area contributed by atoms with Crippen LogP contribution in [0.15, 0.2) is 17.1 Å². The molecule has 0 bridgehead atoms. The molecular weight excluding hydrogens is 266 g/mol. The predicted molar refractivity (Wildman–Crippen MR) is 71.6 cm³/mol. The van der Waals surface area contributed by atoms with Gasteiger partial charge in [-0.1, -0.05) is 12.8 Å². The van der Waals surface area contributed by atoms with E-state index in [1.807, 2.05) is 0 Å². The predicted octanol–water partition coefficient (Wildman–Crippen LogP) is 0.566. The largest absolute Gasteiger partial charge is 0.396 e. The van der Waals surface area contributed by atoms with E-state index in [0.717, 1.165) is 37.9 Å². The summed E-state index contributed by atoms with van der Waals surface area (Å²) in [6, 6.07) is 0.958. The van der Waals surface area contributed by atoms with Crippen molar-refractivity contribution < 1.29 is 14.8 Å². The molecule has 0 saturated carbocycles. The van der Waals surface area contributed by atoms with Crippen molar-refractivity contribution in [3.63, 3.8) is 0 Å². The minimum Gasteiger partial charge on any atom is -0.396 e. The first-order valence-electron chi connectivity index (χ1n) is 6.32. The molecule has 1 aromatic rings. The van der Waals surface area contributed by atoms with Crippen LogP contribution in [-0.4, -0.2) is 34.1 Å². The van der Waals surface area contributed by atoms with Crippen molar-refractivity contribution in [1.29, 1.82) is 0 Å². The Kier molecular flexibility index (Phi) is 6.38. The number of hydrogen-bond donors (Lipinski definition) is 3. The van der Waals surface area contributed by atoms with Crippen molar-refractivity contribution in [3.8, 4) is 0 Å². The molecule has 0 aromatic carbocycles. The normalized spacial score (nSPS) is 10.2. The highest BCUT2D eigenvalue weighted by Crippen LogP contribution is 2.08. The summed E-state index contributed by atoms with van der Waals surface area (Å²) in [6.07, 6.45) is 4.11. The van der Waals surface area contributed by atoms with Gasteiger partial charge in [-0.15, -0.1) is 0 Å². The maximum absolute atomic E-state index is 11.7. The number of amides is 1. The standard InChI is InChI=1S/C12H17N3O5/c16-6-4-2-1-3-5-13-11(17)10-7-9(15(19)20)8-14-12(10)18/h7-8,16H,1-6H2,(H,13,17)(H,14,18). The van der Waals surface area contributed by atoms with Crippen molar-refractivity contribution in [2.24, 2.45) is 0 Å². The van der Waals surface area contributed by atoms with Crippen molar-refractivity contribution in [1.82, 2.24) is 10.3 Å². The third-order valence-electron chi connectivity index (χ3n) is 2.71. The van der Waals surface area contributed by atoms with Gasteiger partial charge in [-0.3, -0.25) is 19.7 Å². The zero-order valence-electron chi connectivity index (χ0n) is 10.9. The monoisotopic (exact) mass is 283 g/mol. The second-order valence-electron chi connectivity index (χ2n) is 4.25. The van der Waals surface area contributed by atoms with E-state index in [1.165, 1.54) is 0 Å². The number of aromatic amines is 1. The molecule has 1 heterocycles. The minimum atomic E-state index is -0.679. The Hall–Kier alpha value is -2.22. The first-order chi connectivity index (χ1) is 9.56. The van der Waals surface area contributed by atoms with E-state index in [1.54, 1.807) is 0 Å². The number of H-pyrrole nitrogens is 1. The van der Waals surface area contributed by atoms with Gasteiger partial charge in [0.15, 0.2) is 0 Å². The molecule has 0 fully saturated rings. The van der Waals surface area contributed by atoms with Crippen molar-refractivity contribution in [3.05, 3.63) is 38.3 Å². The lowest BCUT2D eigenvalue weighted by atomic mass is 10.2. The quantitative estimate of drug-likeness (QED) is 0.365. The lowest BCUT2D eigenvalue weighted by molar-refractivity contribution is -0.385. The molecule has 1 aromatic heterocycles. The number of nitrogens with zero attached hydrogens (tertiary/aromatic N) is 1. The molecule has 0 atom stereocenters. The van der Waals surface area contributed by atoms with Crippen molar-refractivity contribution >= 4 is 11.6 Å². The zero-order chi connectivity index (χ0) is 15.0. The van der Waals surface area contributed by atoms with Crippen LogP contribution in [0.3, 0.4) is 0 Å². The second-order valence-corrected chi connectivity index (χ2v) is 4.25. The summed E-state index contributed by atoms with van der Waals surface area (Å²) in [5, 5.41) is 21.7. The molecule has 0 radical (unpaired) electrons. The number of unbranched alkanes of at least 4 members (excludes halogenated alkanes) is 3. The molecule has 0 saturated heterocycles. The topological polar surface area (TPSA) is 125 Å². The molecule has 110 valence electrons. The van der Waals surface area contributed by atoms with Gasteiger partial charge in [0.05, 0.1) is 11.1 Å². The second kappa shape index (κ2) is 8.05. The highest BCUT2D eigenvalue weighted by atomic mass is 16.6. The number of hydrogen-bond acceptors (Lipinski definition) is 5. The van der Waals surface area contributed by atoms with Gasteiger partial charge < -0.3 is 15.4 Å². The lowest BCUT2D eigenvalue weighted by Crippen LogP contribution is -2.30. The summed E-state index contributed by atoms with van der Waals surface area (Å²) in [4.78, 5) is 35.2. The molecule has 0 spiro atoms. The third-order valence-corrected chi connectivity index (χ3v) is 2.71. The Morgan fingerprint density at radius 2 is 2.05 bits per heavy atom. The van der Waals surface area contributed by atoms with E-state index in [9.17, 15) is 19.7 Å². The Bertz CT molecular complexity index is 526. The smallest absolute Gasteiger partial charge is 0.286 e. The number of pyridine rings is 1. The number of carbonyl (C=O) groups is 1. The number of aliphatic hydroxyl groups excluding tert-OH is 1. The summed E-state index contributed by atoms with van der Waals surface area (Å²) < 4.78 is 0. The van der Waals surface area contributed by atoms with Crippen LogP contribution in [0.2, 0.25) is 0 Å². The fourth-order valence-corrected chi connectivity index (χ4v) is 1.63. The first-order valence-corrected chi connectivity index (χ1v) is 6.32. The number of aliphatic hydroxyl groups is 1. The van der Waals surface area contributed by atoms with Gasteiger partial charge in [0.1, 0.15) is 5.56 Å². The van der Waals surface area contributed by atoms with Crippen LogP contribution in [0, 0.1) is 10.1 Å². The van der Waals surface area contributed by atoms with Crippen LogP contribution in [0.4, 0.5) is 5.69 Å². The maximum atomic E-state index is 11.7. The van der Waals surface area contributed by atoms with E-state index in [-0.39, 0.29) is 17.9 Å². The van der Waals surface area contributed by atoms with Gasteiger partial charge >= 0.3 is 0 Å². The molecule has 8 nitrogen and oxygen atoms in total. The number of rotatable bonds is 8. The molecule has 0 aliphatic rings. The molecule has 1 amide bonds. The molecule has 20 heavy (non-hydrogen) atoms.